The summed E-state index contributed by atoms with van der Waals surface area (Å²) in [6.45, 7) is 2.95. The number of hydrogen-bond donors (Lipinski definition) is 4. The van der Waals surface area contributed by atoms with Crippen LogP contribution in [0, 0.1) is 11.6 Å². The Balaban J connectivity index is 2.23. The minimum atomic E-state index is -3.80. The van der Waals surface area contributed by atoms with Crippen molar-refractivity contribution in [3.05, 3.63) is 47.7 Å². The topological polar surface area (TPSA) is 120 Å². The van der Waals surface area contributed by atoms with Crippen molar-refractivity contribution >= 4 is 33.1 Å². The van der Waals surface area contributed by atoms with Crippen molar-refractivity contribution in [3.8, 4) is 0 Å². The number of aliphatic hydroxyl groups excluding tert-OH is 1. The first-order valence-corrected chi connectivity index (χ1v) is 9.94. The van der Waals surface area contributed by atoms with E-state index in [1.54, 1.807) is 6.92 Å². The van der Waals surface area contributed by atoms with E-state index in [-0.39, 0.29) is 23.2 Å². The molecule has 0 aliphatic heterocycles. The average molecular weight is 414 g/mol. The summed E-state index contributed by atoms with van der Waals surface area (Å²) in [6, 6.07) is 4.66. The molecule has 1 unspecified atom stereocenters. The van der Waals surface area contributed by atoms with Gasteiger partial charge < -0.3 is 15.7 Å². The fraction of sp³-hybridized carbons (Fsp3) is 0.294. The van der Waals surface area contributed by atoms with Crippen LogP contribution in [0.2, 0.25) is 0 Å². The van der Waals surface area contributed by atoms with Crippen LogP contribution in [-0.2, 0) is 14.8 Å². The van der Waals surface area contributed by atoms with Crippen LogP contribution in [-0.4, -0.2) is 30.2 Å². The third-order valence-corrected chi connectivity index (χ3v) is 4.99. The molecule has 1 aromatic carbocycles. The number of carbonyl (C=O) groups is 1. The van der Waals surface area contributed by atoms with Gasteiger partial charge in [-0.15, -0.1) is 0 Å². The minimum Gasteiger partial charge on any atom is -0.369 e. The summed E-state index contributed by atoms with van der Waals surface area (Å²) >= 11 is 0. The second-order valence-electron chi connectivity index (χ2n) is 5.90. The Bertz CT molecular complexity index is 952. The van der Waals surface area contributed by atoms with E-state index in [0.717, 1.165) is 12.1 Å². The van der Waals surface area contributed by atoms with Gasteiger partial charge in [0, 0.05) is 6.92 Å². The maximum absolute atomic E-state index is 14.6. The SMILES string of the molecule is CCCS(=O)(=O)Nc1ccc(F)c(C(O)Nc2ccc(NC(C)=O)nc2)c1F. The van der Waals surface area contributed by atoms with Gasteiger partial charge in [-0.05, 0) is 30.7 Å². The van der Waals surface area contributed by atoms with Gasteiger partial charge in [0.05, 0.1) is 28.9 Å². The number of nitrogens with zero attached hydrogens (tertiary/aromatic N) is 1. The molecule has 8 nitrogen and oxygen atoms in total. The summed E-state index contributed by atoms with van der Waals surface area (Å²) in [4.78, 5) is 14.9. The number of pyridine rings is 1. The molecule has 1 aromatic heterocycles. The van der Waals surface area contributed by atoms with Crippen molar-refractivity contribution in [1.29, 1.82) is 0 Å². The van der Waals surface area contributed by atoms with Crippen molar-refractivity contribution in [2.75, 3.05) is 21.1 Å². The fourth-order valence-corrected chi connectivity index (χ4v) is 3.48. The standard InChI is InChI=1S/C17H20F2N4O4S/c1-3-8-28(26,27)23-13-6-5-12(18)15(16(13)19)17(25)22-11-4-7-14(20-9-11)21-10(2)24/h4-7,9,17,22-23,25H,3,8H2,1-2H3,(H,20,21,24). The lowest BCUT2D eigenvalue weighted by Crippen LogP contribution is -2.19. The van der Waals surface area contributed by atoms with Crippen LogP contribution in [0.5, 0.6) is 0 Å². The Labute approximate surface area is 161 Å². The normalized spacial score (nSPS) is 12.3. The number of nitrogens with one attached hydrogen (secondary N) is 3. The van der Waals surface area contributed by atoms with Gasteiger partial charge in [-0.25, -0.2) is 22.2 Å². The van der Waals surface area contributed by atoms with Crippen LogP contribution < -0.4 is 15.4 Å². The number of aromatic nitrogens is 1. The first-order chi connectivity index (χ1) is 13.1. The van der Waals surface area contributed by atoms with Crippen LogP contribution in [0.15, 0.2) is 30.5 Å². The molecule has 2 aromatic rings. The molecule has 0 radical (unpaired) electrons. The molecule has 0 bridgehead atoms. The van der Waals surface area contributed by atoms with Gasteiger partial charge in [0.1, 0.15) is 11.6 Å². The molecule has 4 N–H and O–H groups in total. The molecule has 0 aliphatic rings. The molecule has 0 aliphatic carbocycles. The number of benzene rings is 1. The van der Waals surface area contributed by atoms with Crippen LogP contribution in [0.1, 0.15) is 32.1 Å². The molecule has 11 heteroatoms. The fourth-order valence-electron chi connectivity index (χ4n) is 2.35. The molecule has 1 atom stereocenters. The zero-order valence-corrected chi connectivity index (χ0v) is 16.0. The molecular weight excluding hydrogens is 394 g/mol. The monoisotopic (exact) mass is 414 g/mol. The first kappa shape index (κ1) is 21.5. The summed E-state index contributed by atoms with van der Waals surface area (Å²) in [6.07, 6.45) is -0.251. The Kier molecular flexibility index (Phi) is 6.86. The summed E-state index contributed by atoms with van der Waals surface area (Å²) in [5.41, 5.74) is -0.996. The third-order valence-electron chi connectivity index (χ3n) is 3.51. The number of anilines is 3. The Morgan fingerprint density at radius 1 is 1.25 bits per heavy atom. The lowest BCUT2D eigenvalue weighted by atomic mass is 10.1. The molecule has 0 saturated carbocycles. The van der Waals surface area contributed by atoms with E-state index in [9.17, 15) is 27.1 Å². The number of sulfonamides is 1. The average Bonchev–Trinajstić information content (AvgIpc) is 2.59. The van der Waals surface area contributed by atoms with E-state index in [1.807, 2.05) is 4.72 Å². The smallest absolute Gasteiger partial charge is 0.232 e. The first-order valence-electron chi connectivity index (χ1n) is 8.29. The van der Waals surface area contributed by atoms with Crippen molar-refractivity contribution in [3.63, 3.8) is 0 Å². The van der Waals surface area contributed by atoms with Gasteiger partial charge in [-0.3, -0.25) is 9.52 Å². The van der Waals surface area contributed by atoms with E-state index < -0.39 is 39.1 Å². The van der Waals surface area contributed by atoms with Gasteiger partial charge in [0.15, 0.2) is 12.0 Å². The highest BCUT2D eigenvalue weighted by atomic mass is 32.2. The third kappa shape index (κ3) is 5.60. The van der Waals surface area contributed by atoms with Gasteiger partial charge in [-0.2, -0.15) is 0 Å². The highest BCUT2D eigenvalue weighted by Crippen LogP contribution is 2.28. The Morgan fingerprint density at radius 2 is 1.96 bits per heavy atom. The maximum atomic E-state index is 14.6. The predicted octanol–water partition coefficient (Wildman–Crippen LogP) is 2.57. The molecular formula is C17H20F2N4O4S. The lowest BCUT2D eigenvalue weighted by Gasteiger charge is -2.18. The highest BCUT2D eigenvalue weighted by Gasteiger charge is 2.23. The predicted molar refractivity (Wildman–Crippen MR) is 101 cm³/mol. The summed E-state index contributed by atoms with van der Waals surface area (Å²) in [5, 5.41) is 15.1. The molecule has 2 rings (SSSR count). The zero-order chi connectivity index (χ0) is 20.9. The van der Waals surface area contributed by atoms with E-state index in [2.05, 4.69) is 15.6 Å². The van der Waals surface area contributed by atoms with Crippen LogP contribution >= 0.6 is 0 Å². The Morgan fingerprint density at radius 3 is 2.54 bits per heavy atom. The second kappa shape index (κ2) is 8.93. The van der Waals surface area contributed by atoms with Gasteiger partial charge in [0.2, 0.25) is 15.9 Å². The molecule has 0 fully saturated rings. The number of halogens is 2. The van der Waals surface area contributed by atoms with E-state index in [0.29, 0.717) is 6.42 Å². The van der Waals surface area contributed by atoms with Gasteiger partial charge in [-0.1, -0.05) is 6.92 Å². The van der Waals surface area contributed by atoms with Crippen LogP contribution in [0.3, 0.4) is 0 Å². The van der Waals surface area contributed by atoms with E-state index in [4.69, 9.17) is 0 Å². The number of rotatable bonds is 8. The molecule has 152 valence electrons. The molecule has 1 heterocycles. The minimum absolute atomic E-state index is 0.220. The van der Waals surface area contributed by atoms with Crippen molar-refractivity contribution in [1.82, 2.24) is 4.98 Å². The van der Waals surface area contributed by atoms with Crippen molar-refractivity contribution in [2.45, 2.75) is 26.5 Å². The maximum Gasteiger partial charge on any atom is 0.232 e. The Hall–Kier alpha value is -2.79. The lowest BCUT2D eigenvalue weighted by molar-refractivity contribution is -0.114. The molecule has 28 heavy (non-hydrogen) atoms. The number of amides is 1. The number of carbonyl (C=O) groups excluding carboxylic acids is 1. The zero-order valence-electron chi connectivity index (χ0n) is 15.2. The quantitative estimate of drug-likeness (QED) is 0.493. The highest BCUT2D eigenvalue weighted by molar-refractivity contribution is 7.92. The summed E-state index contributed by atoms with van der Waals surface area (Å²) in [7, 11) is -3.80. The van der Waals surface area contributed by atoms with Crippen molar-refractivity contribution in [2.24, 2.45) is 0 Å². The summed E-state index contributed by atoms with van der Waals surface area (Å²) in [5.74, 6) is -2.58. The second-order valence-corrected chi connectivity index (χ2v) is 7.75. The van der Waals surface area contributed by atoms with Gasteiger partial charge in [0.25, 0.3) is 0 Å². The van der Waals surface area contributed by atoms with Crippen LogP contribution in [0.25, 0.3) is 0 Å². The number of hydrogen-bond acceptors (Lipinski definition) is 6. The molecule has 0 spiro atoms. The molecule has 1 amide bonds. The van der Waals surface area contributed by atoms with Crippen molar-refractivity contribution < 1.29 is 27.1 Å². The van der Waals surface area contributed by atoms with E-state index in [1.165, 1.54) is 25.3 Å². The van der Waals surface area contributed by atoms with Gasteiger partial charge >= 0.3 is 0 Å². The number of aliphatic hydroxyl groups is 1. The molecule has 0 saturated heterocycles. The van der Waals surface area contributed by atoms with E-state index >= 15 is 0 Å². The van der Waals surface area contributed by atoms with Crippen LogP contribution in [0.4, 0.5) is 26.0 Å². The summed E-state index contributed by atoms with van der Waals surface area (Å²) < 4.78 is 54.4. The largest absolute Gasteiger partial charge is 0.369 e.